The van der Waals surface area contributed by atoms with Gasteiger partial charge in [-0.15, -0.1) is 73.9 Å². The molecule has 2 saturated carbocycles. The molecule has 672 valence electrons. The van der Waals surface area contributed by atoms with Gasteiger partial charge in [0.25, 0.3) is 7.05 Å². The number of aromatic nitrogens is 3. The summed E-state index contributed by atoms with van der Waals surface area (Å²) in [6.45, 7) is 65.7. The molecule has 0 bridgehead atoms. The SMILES string of the molecule is CC.CC.CC.CC.CC.CC.CC.CC.CC.CC.CC.C[N+]#N.I.O=C(Cl)Cc1ccccc1.O=C1CC(c2ccccc2)C1.O=C1CCC1c1ccccc1.[CH2-]c1cccc(C)c1.[CH2-]c1ccccc1.[Y].[Y].c1cc(N2CCNCC2)c2cccnc2c1.c1cc(N2CC[N-]CC2)c2cccnc2c1.c1cc(N2CC[N-]CC2)c2cccnc2c1. The van der Waals surface area contributed by atoms with Crippen LogP contribution in [0.25, 0.3) is 48.3 Å². The minimum absolute atomic E-state index is 0. The number of nitrogens with one attached hydrogen (secondary N) is 1. The number of pyridine rings is 3. The van der Waals surface area contributed by atoms with Gasteiger partial charge in [-0.05, 0) is 140 Å². The van der Waals surface area contributed by atoms with Gasteiger partial charge in [0.05, 0.1) is 16.6 Å². The van der Waals surface area contributed by atoms with E-state index in [1.54, 1.807) is 0 Å². The normalized spacial score (nSPS) is 12.6. The molecule has 6 heterocycles. The number of carbonyl (C=O) groups is 3. The first-order valence-electron chi connectivity index (χ1n) is 44.6. The van der Waals surface area contributed by atoms with Crippen LogP contribution >= 0.6 is 35.6 Å². The summed E-state index contributed by atoms with van der Waals surface area (Å²) < 4.78 is 0. The van der Waals surface area contributed by atoms with E-state index in [1.165, 1.54) is 57.0 Å². The molecule has 1 N–H and O–H groups in total. The fourth-order valence-corrected chi connectivity index (χ4v) is 11.7. The fourth-order valence-electron chi connectivity index (χ4n) is 11.5. The Labute approximate surface area is 821 Å². The predicted molar refractivity (Wildman–Crippen MR) is 547 cm³/mol. The number of carbonyl (C=O) groups excluding carboxylic acids is 3. The summed E-state index contributed by atoms with van der Waals surface area (Å²) in [5.41, 5.74) is 14.0. The second-order valence-corrected chi connectivity index (χ2v) is 24.2. The largest absolute Gasteiger partial charge is 0.659 e. The van der Waals surface area contributed by atoms with E-state index in [1.807, 2.05) is 310 Å². The van der Waals surface area contributed by atoms with Gasteiger partial charge in [0.2, 0.25) is 10.6 Å². The van der Waals surface area contributed by atoms with Crippen LogP contribution in [0.1, 0.15) is 223 Å². The number of rotatable bonds is 7. The average Bonchev–Trinajstić information content (AvgIpc) is 0.809. The number of diazo groups is 1. The number of Topliss-reactive ketones (excluding diaryl/α,β-unsaturated/α-hetero) is 2. The van der Waals surface area contributed by atoms with Crippen molar-refractivity contribution in [3.63, 3.8) is 0 Å². The number of piperazine rings is 3. The molecule has 16 rings (SSSR count). The van der Waals surface area contributed by atoms with E-state index < -0.39 is 0 Å². The Morgan fingerprint density at radius 3 is 1.04 bits per heavy atom. The summed E-state index contributed by atoms with van der Waals surface area (Å²) in [6, 6.07) is 79.1. The van der Waals surface area contributed by atoms with Crippen LogP contribution in [-0.2, 0) is 86.2 Å². The van der Waals surface area contributed by atoms with E-state index in [9.17, 15) is 14.4 Å². The molecular weight excluding hydrogens is 1800 g/mol. The Morgan fingerprint density at radius 2 is 0.756 bits per heavy atom. The number of aryl methyl sites for hydroxylation is 1. The molecule has 14 nitrogen and oxygen atoms in total. The number of hydrogen-bond donors (Lipinski definition) is 1. The Hall–Kier alpha value is -7.33. The van der Waals surface area contributed by atoms with E-state index >= 15 is 0 Å². The first-order valence-corrected chi connectivity index (χ1v) is 44.9. The van der Waals surface area contributed by atoms with Gasteiger partial charge in [-0.25, -0.2) is 0 Å². The average molecular weight is 1960 g/mol. The number of hydrogen-bond acceptors (Lipinski definition) is 11. The van der Waals surface area contributed by atoms with Gasteiger partial charge >= 0.3 is 0 Å². The van der Waals surface area contributed by atoms with Crippen LogP contribution in [0.4, 0.5) is 17.1 Å². The van der Waals surface area contributed by atoms with Crippen LogP contribution in [0.2, 0.25) is 0 Å². The van der Waals surface area contributed by atoms with Crippen molar-refractivity contribution in [2.24, 2.45) is 0 Å². The van der Waals surface area contributed by atoms with E-state index in [0.717, 1.165) is 137 Å². The van der Waals surface area contributed by atoms with E-state index in [2.05, 4.69) is 168 Å². The van der Waals surface area contributed by atoms with Crippen LogP contribution < -0.4 is 20.0 Å². The monoisotopic (exact) mass is 1960 g/mol. The van der Waals surface area contributed by atoms with Gasteiger partial charge < -0.3 is 30.7 Å². The zero-order chi connectivity index (χ0) is 90.9. The maximum Gasteiger partial charge on any atom is 0.296 e. The first kappa shape index (κ1) is 129. The van der Waals surface area contributed by atoms with Gasteiger partial charge in [0.1, 0.15) is 16.5 Å². The second-order valence-electron chi connectivity index (χ2n) is 23.8. The zero-order valence-corrected chi connectivity index (χ0v) is 88.7. The number of nitrogens with zero attached hydrogens (tertiary/aromatic N) is 10. The third-order valence-corrected chi connectivity index (χ3v) is 16.9. The van der Waals surface area contributed by atoms with Gasteiger partial charge in [-0.3, -0.25) is 29.3 Å². The van der Waals surface area contributed by atoms with E-state index in [4.69, 9.17) is 17.0 Å². The number of halogens is 2. The van der Waals surface area contributed by atoms with Crippen molar-refractivity contribution in [3.05, 3.63) is 318 Å². The summed E-state index contributed by atoms with van der Waals surface area (Å²) >= 11 is 5.17. The van der Waals surface area contributed by atoms with E-state index in [0.29, 0.717) is 23.9 Å². The zero-order valence-electron chi connectivity index (χ0n) is 80.0. The molecule has 5 fully saturated rings. The van der Waals surface area contributed by atoms with Crippen LogP contribution in [0.5, 0.6) is 0 Å². The Morgan fingerprint density at radius 1 is 0.439 bits per heavy atom. The Kier molecular flexibility index (Phi) is 95.2. The standard InChI is InChI=1S/C13H15N3.2C13H14N3.2C10H10O.C8H7ClO.C8H9.C7H7.11C2H6.CH3N2.HI.2Y/c3*1-4-12-11(3-2-6-15-12)13(5-1)16-9-7-14-8-10-16;11-10-6-9(7-10)8-4-2-1-3-5-8;11-10-7-6-9(10)8-4-2-1-3-5-8;9-8(10)6-7-4-2-1-3-5-7;1-7-4-3-5-8(2)6-7;1-7-5-3-2-4-6-7;11*1-2;1-3-2;;;/h1-6,14H,7-10H2;2*1-6H,7-10H2;2*1-5,9H,6-7H2;1-5H,6H2;3-6H,1H2,2H3;2-6H,1H2;11*1-2H3;1H3;1H;;/q;2*-1;;;;2*-1;;;;;;;;;;;;+1;;;. The first-order chi connectivity index (χ1) is 59.0. The van der Waals surface area contributed by atoms with Crippen LogP contribution in [0.3, 0.4) is 0 Å². The van der Waals surface area contributed by atoms with Gasteiger partial charge in [0.15, 0.2) is 0 Å². The smallest absolute Gasteiger partial charge is 0.296 e. The molecule has 1 atom stereocenters. The minimum atomic E-state index is -0.314. The molecule has 123 heavy (non-hydrogen) atoms. The van der Waals surface area contributed by atoms with Gasteiger partial charge in [0, 0.05) is 175 Å². The summed E-state index contributed by atoms with van der Waals surface area (Å²) in [7, 11) is 1.31. The maximum atomic E-state index is 11.0. The maximum absolute atomic E-state index is 11.0. The summed E-state index contributed by atoms with van der Waals surface area (Å²) in [6.07, 6.45) is 9.19. The molecule has 0 spiro atoms. The molecule has 2 radical (unpaired) electrons. The predicted octanol–water partition coefficient (Wildman–Crippen LogP) is 29.2. The number of fused-ring (bicyclic) bond motifs is 3. The number of anilines is 3. The van der Waals surface area contributed by atoms with Crippen molar-refractivity contribution in [2.75, 3.05) is 100 Å². The molecule has 8 aromatic carbocycles. The quantitative estimate of drug-likeness (QED) is 0.0698. The minimum Gasteiger partial charge on any atom is -0.659 e. The van der Waals surface area contributed by atoms with Crippen molar-refractivity contribution in [1.29, 1.82) is 5.39 Å². The molecule has 11 aromatic rings. The fraction of sp³-hybridized carbons (Fsp3) is 0.410. The van der Waals surface area contributed by atoms with Crippen molar-refractivity contribution in [2.45, 2.75) is 203 Å². The molecule has 3 aliphatic heterocycles. The number of benzene rings is 8. The Balaban J connectivity index is -0.000000242. The topological polar surface area (TPSA) is 168 Å². The molecule has 5 aliphatic rings. The second kappa shape index (κ2) is 90.9. The summed E-state index contributed by atoms with van der Waals surface area (Å²) in [4.78, 5) is 55.0. The Bertz CT molecular complexity index is 3970. The molecular formula is C105H156ClIN11O3Y2-3. The molecule has 1 unspecified atom stereocenters. The van der Waals surface area contributed by atoms with Gasteiger partial charge in [-0.2, -0.15) is 49.2 Å². The summed E-state index contributed by atoms with van der Waals surface area (Å²) in [5.74, 6) is 1.54. The van der Waals surface area contributed by atoms with Crippen molar-refractivity contribution >= 4 is 102 Å². The summed E-state index contributed by atoms with van der Waals surface area (Å²) in [5, 5.41) is 22.7. The molecule has 2 aliphatic carbocycles. The molecule has 18 heteroatoms. The van der Waals surface area contributed by atoms with Crippen molar-refractivity contribution in [1.82, 2.24) is 20.3 Å². The van der Waals surface area contributed by atoms with Crippen LogP contribution in [0, 0.1) is 26.2 Å². The molecule has 3 saturated heterocycles. The molecule has 0 amide bonds. The van der Waals surface area contributed by atoms with Crippen molar-refractivity contribution in [3.8, 4) is 0 Å². The third-order valence-electron chi connectivity index (χ3n) is 16.7. The number of ketones is 2. The third kappa shape index (κ3) is 55.0. The van der Waals surface area contributed by atoms with E-state index in [-0.39, 0.29) is 101 Å². The molecule has 3 aromatic heterocycles. The van der Waals surface area contributed by atoms with Crippen LogP contribution in [-0.4, -0.2) is 117 Å². The van der Waals surface area contributed by atoms with Crippen LogP contribution in [0.15, 0.2) is 255 Å². The van der Waals surface area contributed by atoms with Gasteiger partial charge in [-0.1, -0.05) is 281 Å². The van der Waals surface area contributed by atoms with Crippen molar-refractivity contribution < 1.29 is 79.8 Å².